The minimum Gasteiger partial charge on any atom is -0.772 e. The first-order valence-electron chi connectivity index (χ1n) is 10.8. The Bertz CT molecular complexity index is 1250. The summed E-state index contributed by atoms with van der Waals surface area (Å²) in [5.41, 5.74) is 0.582. The van der Waals surface area contributed by atoms with Gasteiger partial charge in [0, 0.05) is 29.6 Å². The van der Waals surface area contributed by atoms with E-state index >= 15 is 0 Å². The first-order valence-corrected chi connectivity index (χ1v) is 12.1. The number of ether oxygens (including phenoxy) is 1. The van der Waals surface area contributed by atoms with Gasteiger partial charge in [-0.2, -0.15) is 0 Å². The summed E-state index contributed by atoms with van der Waals surface area (Å²) in [6.45, 7) is 9.63. The van der Waals surface area contributed by atoms with Gasteiger partial charge in [0.15, 0.2) is 5.65 Å². The topological polar surface area (TPSA) is 118 Å². The van der Waals surface area contributed by atoms with Gasteiger partial charge in [0.2, 0.25) is 0 Å². The number of nitrogens with one attached hydrogen (secondary N) is 1. The van der Waals surface area contributed by atoms with Crippen molar-refractivity contribution in [3.63, 3.8) is 0 Å². The van der Waals surface area contributed by atoms with E-state index in [2.05, 4.69) is 10.3 Å². The van der Waals surface area contributed by atoms with E-state index in [9.17, 15) is 18.4 Å². The maximum absolute atomic E-state index is 13.4. The van der Waals surface area contributed by atoms with E-state index in [-0.39, 0.29) is 23.0 Å². The van der Waals surface area contributed by atoms with Crippen molar-refractivity contribution in [2.75, 3.05) is 12.4 Å². The highest BCUT2D eigenvalue weighted by Gasteiger charge is 2.26. The van der Waals surface area contributed by atoms with Crippen LogP contribution in [0.2, 0.25) is 0 Å². The van der Waals surface area contributed by atoms with Crippen LogP contribution in [0.5, 0.6) is 5.75 Å². The number of amides is 1. The summed E-state index contributed by atoms with van der Waals surface area (Å²) in [6, 6.07) is 8.62. The summed E-state index contributed by atoms with van der Waals surface area (Å²) in [4.78, 5) is 30.7. The fourth-order valence-electron chi connectivity index (χ4n) is 3.66. The lowest BCUT2D eigenvalue weighted by Gasteiger charge is -2.30. The Morgan fingerprint density at radius 1 is 1.30 bits per heavy atom. The second kappa shape index (κ2) is 9.88. The molecule has 3 aromatic rings. The van der Waals surface area contributed by atoms with Crippen LogP contribution in [0.4, 0.5) is 0 Å². The smallest absolute Gasteiger partial charge is 0.335 e. The van der Waals surface area contributed by atoms with Crippen molar-refractivity contribution in [2.24, 2.45) is 0 Å². The van der Waals surface area contributed by atoms with Gasteiger partial charge in [0.1, 0.15) is 5.75 Å². The molecule has 0 bridgehead atoms. The van der Waals surface area contributed by atoms with Crippen molar-refractivity contribution < 1.29 is 18.3 Å². The van der Waals surface area contributed by atoms with Crippen LogP contribution < -0.4 is 15.7 Å². The van der Waals surface area contributed by atoms with E-state index in [0.29, 0.717) is 35.6 Å². The molecular formula is C23H29N4O5S-. The predicted octanol–water partition coefficient (Wildman–Crippen LogP) is 2.94. The Balaban J connectivity index is 2.11. The zero-order chi connectivity index (χ0) is 24.3. The van der Waals surface area contributed by atoms with Gasteiger partial charge in [-0.05, 0) is 52.3 Å². The number of pyridine rings is 1. The van der Waals surface area contributed by atoms with E-state index < -0.39 is 22.5 Å². The van der Waals surface area contributed by atoms with Crippen molar-refractivity contribution in [2.45, 2.75) is 52.6 Å². The molecule has 0 fully saturated rings. The molecule has 9 nitrogen and oxygen atoms in total. The second-order valence-electron chi connectivity index (χ2n) is 8.40. The van der Waals surface area contributed by atoms with Gasteiger partial charge in [-0.15, -0.1) is 0 Å². The van der Waals surface area contributed by atoms with Crippen molar-refractivity contribution >= 4 is 28.2 Å². The van der Waals surface area contributed by atoms with Crippen LogP contribution >= 0.6 is 0 Å². The molecule has 1 N–H and O–H groups in total. The lowest BCUT2D eigenvalue weighted by Crippen LogP contribution is -2.49. The van der Waals surface area contributed by atoms with Crippen LogP contribution in [0.25, 0.3) is 16.9 Å². The number of imidazole rings is 1. The van der Waals surface area contributed by atoms with Crippen LogP contribution in [-0.2, 0) is 11.1 Å². The summed E-state index contributed by atoms with van der Waals surface area (Å²) in [5.74, 6) is -0.0141. The molecule has 2 heterocycles. The standard InChI is InChI=1S/C23H30N4O5S/c1-6-23(5,14-33(30)31)25-21(28)16-11-19-20(24-13-16)27(22(29)26(19)15(3)4)17-9-8-10-18(12-17)32-7-2/h8-13,15H,6-7,14H2,1-5H3,(H,25,28)(H,30,31)/p-1/t23-/m1/s1. The fraction of sp³-hybridized carbons (Fsp3) is 0.435. The number of aromatic nitrogens is 3. The number of carbonyl (C=O) groups excluding carboxylic acids is 1. The summed E-state index contributed by atoms with van der Waals surface area (Å²) in [7, 11) is 0. The molecule has 3 rings (SSSR count). The normalized spacial score (nSPS) is 14.3. The number of carbonyl (C=O) groups is 1. The van der Waals surface area contributed by atoms with E-state index in [1.165, 1.54) is 10.8 Å². The lowest BCUT2D eigenvalue weighted by molar-refractivity contribution is 0.0912. The van der Waals surface area contributed by atoms with E-state index in [4.69, 9.17) is 4.74 Å². The third-order valence-corrected chi connectivity index (χ3v) is 6.39. The average molecular weight is 474 g/mol. The number of hydrogen-bond acceptors (Lipinski definition) is 6. The van der Waals surface area contributed by atoms with Gasteiger partial charge in [0.25, 0.3) is 5.91 Å². The number of hydrogen-bond donors (Lipinski definition) is 1. The number of nitrogens with zero attached hydrogens (tertiary/aromatic N) is 3. The van der Waals surface area contributed by atoms with Crippen molar-refractivity contribution in [3.8, 4) is 11.4 Å². The predicted molar refractivity (Wildman–Crippen MR) is 127 cm³/mol. The van der Waals surface area contributed by atoms with Gasteiger partial charge in [-0.1, -0.05) is 24.1 Å². The minimum atomic E-state index is -2.30. The lowest BCUT2D eigenvalue weighted by atomic mass is 10.0. The molecule has 0 spiro atoms. The highest BCUT2D eigenvalue weighted by molar-refractivity contribution is 7.79. The van der Waals surface area contributed by atoms with Crippen LogP contribution in [0.15, 0.2) is 41.3 Å². The number of rotatable bonds is 9. The SMILES string of the molecule is CCOc1cccc(-n2c(=O)n(C(C)C)c3cc(C(=O)N[C@](C)(CC)CS(=O)[O-])cnc32)c1. The first kappa shape index (κ1) is 24.7. The van der Waals surface area contributed by atoms with Crippen molar-refractivity contribution in [1.29, 1.82) is 0 Å². The second-order valence-corrected chi connectivity index (χ2v) is 9.29. The van der Waals surface area contributed by atoms with Gasteiger partial charge in [-0.3, -0.25) is 13.6 Å². The largest absolute Gasteiger partial charge is 0.772 e. The monoisotopic (exact) mass is 473 g/mol. The molecule has 1 unspecified atom stereocenters. The van der Waals surface area contributed by atoms with E-state index in [0.717, 1.165) is 0 Å². The molecule has 0 saturated carbocycles. The van der Waals surface area contributed by atoms with Crippen molar-refractivity contribution in [1.82, 2.24) is 19.4 Å². The van der Waals surface area contributed by atoms with Crippen LogP contribution in [0, 0.1) is 0 Å². The van der Waals surface area contributed by atoms with Gasteiger partial charge in [-0.25, -0.2) is 14.3 Å². The highest BCUT2D eigenvalue weighted by Crippen LogP contribution is 2.23. The quantitative estimate of drug-likeness (QED) is 0.478. The molecule has 0 aliphatic carbocycles. The molecular weight excluding hydrogens is 444 g/mol. The Hall–Kier alpha value is -2.98. The summed E-state index contributed by atoms with van der Waals surface area (Å²) in [5, 5.41) is 2.80. The Kier molecular flexibility index (Phi) is 7.38. The zero-order valence-corrected chi connectivity index (χ0v) is 20.3. The first-order chi connectivity index (χ1) is 15.6. The summed E-state index contributed by atoms with van der Waals surface area (Å²) in [6.07, 6.45) is 1.83. The summed E-state index contributed by atoms with van der Waals surface area (Å²) < 4.78 is 31.1. The molecule has 178 valence electrons. The van der Waals surface area contributed by atoms with Crippen LogP contribution in [0.3, 0.4) is 0 Å². The van der Waals surface area contributed by atoms with Crippen molar-refractivity contribution in [3.05, 3.63) is 52.6 Å². The molecule has 0 radical (unpaired) electrons. The molecule has 33 heavy (non-hydrogen) atoms. The minimum absolute atomic E-state index is 0.180. The zero-order valence-electron chi connectivity index (χ0n) is 19.5. The number of fused-ring (bicyclic) bond motifs is 1. The maximum atomic E-state index is 13.4. The van der Waals surface area contributed by atoms with Crippen LogP contribution in [-0.4, -0.2) is 46.7 Å². The molecule has 2 aromatic heterocycles. The van der Waals surface area contributed by atoms with Gasteiger partial charge >= 0.3 is 5.69 Å². The van der Waals surface area contributed by atoms with Gasteiger partial charge in [0.05, 0.1) is 23.4 Å². The average Bonchev–Trinajstić information content (AvgIpc) is 3.04. The Labute approximate surface area is 195 Å². The number of benzene rings is 1. The van der Waals surface area contributed by atoms with E-state index in [1.807, 2.05) is 33.8 Å². The molecule has 2 atom stereocenters. The Morgan fingerprint density at radius 2 is 2.03 bits per heavy atom. The van der Waals surface area contributed by atoms with Crippen LogP contribution in [0.1, 0.15) is 57.4 Å². The molecule has 10 heteroatoms. The molecule has 0 aliphatic rings. The molecule has 0 saturated heterocycles. The fourth-order valence-corrected chi connectivity index (χ4v) is 4.46. The molecule has 0 aliphatic heterocycles. The third kappa shape index (κ3) is 5.17. The highest BCUT2D eigenvalue weighted by atomic mass is 32.2. The molecule has 1 aromatic carbocycles. The Morgan fingerprint density at radius 3 is 2.64 bits per heavy atom. The van der Waals surface area contributed by atoms with Gasteiger partial charge < -0.3 is 14.6 Å². The van der Waals surface area contributed by atoms with E-state index in [1.54, 1.807) is 35.8 Å². The maximum Gasteiger partial charge on any atom is 0.335 e. The third-order valence-electron chi connectivity index (χ3n) is 5.51. The summed E-state index contributed by atoms with van der Waals surface area (Å²) >= 11 is -2.30. The molecule has 1 amide bonds.